The molecule has 5 rings (SSSR count). The highest BCUT2D eigenvalue weighted by Gasteiger charge is 2.22. The number of esters is 1. The molecule has 1 fully saturated rings. The van der Waals surface area contributed by atoms with Crippen LogP contribution in [-0.2, 0) is 6.42 Å². The van der Waals surface area contributed by atoms with E-state index in [1.807, 2.05) is 48.7 Å². The van der Waals surface area contributed by atoms with Crippen LogP contribution in [-0.4, -0.2) is 30.5 Å². The van der Waals surface area contributed by atoms with Crippen molar-refractivity contribution in [3.63, 3.8) is 0 Å². The number of ether oxygens (including phenoxy) is 1. The van der Waals surface area contributed by atoms with Gasteiger partial charge < -0.3 is 14.1 Å². The van der Waals surface area contributed by atoms with E-state index in [0.29, 0.717) is 17.2 Å². The number of furan rings is 1. The van der Waals surface area contributed by atoms with Crippen LogP contribution in [0, 0.1) is 0 Å². The van der Waals surface area contributed by atoms with Crippen LogP contribution in [0.5, 0.6) is 5.75 Å². The number of aryl methyl sites for hydroxylation is 1. The van der Waals surface area contributed by atoms with Crippen molar-refractivity contribution in [1.29, 1.82) is 0 Å². The number of halogens is 1. The van der Waals surface area contributed by atoms with Gasteiger partial charge in [-0.3, -0.25) is 0 Å². The summed E-state index contributed by atoms with van der Waals surface area (Å²) in [6.07, 6.45) is 6.25. The Kier molecular flexibility index (Phi) is 8.04. The molecule has 1 saturated heterocycles. The maximum atomic E-state index is 12.4. The highest BCUT2D eigenvalue weighted by molar-refractivity contribution is 5.91. The number of hydrogen-bond acceptors (Lipinski definition) is 4. The van der Waals surface area contributed by atoms with Gasteiger partial charge in [-0.2, -0.15) is 0 Å². The third-order valence-electron chi connectivity index (χ3n) is 6.52. The highest BCUT2D eigenvalue weighted by atomic mass is 35.5. The smallest absolute Gasteiger partial charge is 0.343 e. The monoisotopic (exact) mass is 475 g/mol. The second kappa shape index (κ2) is 11.4. The summed E-state index contributed by atoms with van der Waals surface area (Å²) in [7, 11) is 0. The van der Waals surface area contributed by atoms with Crippen LogP contribution in [0.25, 0.3) is 10.8 Å². The van der Waals surface area contributed by atoms with Crippen molar-refractivity contribution in [1.82, 2.24) is 4.90 Å². The van der Waals surface area contributed by atoms with E-state index in [1.54, 1.807) is 12.1 Å². The maximum absolute atomic E-state index is 12.4. The maximum Gasteiger partial charge on any atom is 0.343 e. The summed E-state index contributed by atoms with van der Waals surface area (Å²) in [6, 6.07) is 25.5. The molecule has 4 nitrogen and oxygen atoms in total. The Balaban J connectivity index is 0.00000274. The van der Waals surface area contributed by atoms with Crippen molar-refractivity contribution < 1.29 is 13.9 Å². The zero-order valence-electron chi connectivity index (χ0n) is 19.2. The lowest BCUT2D eigenvalue weighted by Gasteiger charge is -2.33. The minimum Gasteiger partial charge on any atom is -0.468 e. The zero-order chi connectivity index (χ0) is 22.5. The lowest BCUT2D eigenvalue weighted by Crippen LogP contribution is -2.35. The first-order valence-electron chi connectivity index (χ1n) is 11.8. The van der Waals surface area contributed by atoms with Crippen molar-refractivity contribution in [3.05, 3.63) is 102 Å². The number of nitrogens with zero attached hydrogens (tertiary/aromatic N) is 1. The highest BCUT2D eigenvalue weighted by Crippen LogP contribution is 2.30. The van der Waals surface area contributed by atoms with E-state index in [2.05, 4.69) is 29.2 Å². The first kappa shape index (κ1) is 24.1. The van der Waals surface area contributed by atoms with E-state index in [9.17, 15) is 4.79 Å². The number of rotatable bonds is 7. The first-order chi connectivity index (χ1) is 16.3. The number of fused-ring (bicyclic) bond motifs is 1. The molecule has 34 heavy (non-hydrogen) atoms. The zero-order valence-corrected chi connectivity index (χ0v) is 20.0. The molecule has 1 aliphatic rings. The molecule has 0 spiro atoms. The van der Waals surface area contributed by atoms with Crippen LogP contribution >= 0.6 is 12.4 Å². The van der Waals surface area contributed by atoms with E-state index in [1.165, 1.54) is 22.8 Å². The minimum atomic E-state index is -0.316. The molecular formula is C29H30ClNO3. The molecule has 4 aromatic rings. The largest absolute Gasteiger partial charge is 0.468 e. The van der Waals surface area contributed by atoms with Gasteiger partial charge in [0.25, 0.3) is 0 Å². The quantitative estimate of drug-likeness (QED) is 0.216. The van der Waals surface area contributed by atoms with Crippen LogP contribution in [0.1, 0.15) is 46.9 Å². The van der Waals surface area contributed by atoms with Crippen LogP contribution in [0.3, 0.4) is 0 Å². The molecule has 1 atom stereocenters. The fourth-order valence-electron chi connectivity index (χ4n) is 4.81. The Morgan fingerprint density at radius 3 is 2.71 bits per heavy atom. The Morgan fingerprint density at radius 2 is 1.82 bits per heavy atom. The van der Waals surface area contributed by atoms with Gasteiger partial charge in [-0.05, 0) is 68.1 Å². The average Bonchev–Trinajstić information content (AvgIpc) is 3.28. The number of hydrogen-bond donors (Lipinski definition) is 0. The molecule has 5 heteroatoms. The predicted octanol–water partition coefficient (Wildman–Crippen LogP) is 6.89. The molecule has 0 aliphatic carbocycles. The van der Waals surface area contributed by atoms with Crippen molar-refractivity contribution >= 4 is 29.1 Å². The summed E-state index contributed by atoms with van der Waals surface area (Å²) in [5.74, 6) is 1.84. The minimum absolute atomic E-state index is 0. The summed E-state index contributed by atoms with van der Waals surface area (Å²) < 4.78 is 11.4. The van der Waals surface area contributed by atoms with Crippen molar-refractivity contribution in [2.45, 2.75) is 31.6 Å². The molecule has 0 bridgehead atoms. The standard InChI is InChI=1S/C29H29NO3.ClH/c31-29(22-9-2-1-3-10-22)33-26-14-6-12-23(19-26)24-13-7-17-30(20-24)18-8-16-28-27-15-5-4-11-25(27)21-32-28;/h1-6,9-12,14-15,19,21,24H,7-8,13,16-18,20H2;1H. The van der Waals surface area contributed by atoms with Gasteiger partial charge in [-0.15, -0.1) is 12.4 Å². The summed E-state index contributed by atoms with van der Waals surface area (Å²) in [5.41, 5.74) is 1.81. The third kappa shape index (κ3) is 5.69. The number of carbonyl (C=O) groups is 1. The summed E-state index contributed by atoms with van der Waals surface area (Å²) in [6.45, 7) is 3.24. The van der Waals surface area contributed by atoms with Crippen molar-refractivity contribution in [2.24, 2.45) is 0 Å². The Hall–Kier alpha value is -3.08. The second-order valence-electron chi connectivity index (χ2n) is 8.82. The van der Waals surface area contributed by atoms with Gasteiger partial charge in [0.05, 0.1) is 11.8 Å². The molecule has 0 amide bonds. The van der Waals surface area contributed by atoms with Crippen LogP contribution in [0.4, 0.5) is 0 Å². The first-order valence-corrected chi connectivity index (χ1v) is 11.8. The normalized spacial score (nSPS) is 16.2. The van der Waals surface area contributed by atoms with Gasteiger partial charge in [0, 0.05) is 23.7 Å². The van der Waals surface area contributed by atoms with Crippen LogP contribution < -0.4 is 4.74 Å². The molecule has 176 valence electrons. The van der Waals surface area contributed by atoms with Crippen LogP contribution in [0.15, 0.2) is 89.5 Å². The van der Waals surface area contributed by atoms with Crippen molar-refractivity contribution in [2.75, 3.05) is 19.6 Å². The molecule has 1 aliphatic heterocycles. The molecule has 1 aromatic heterocycles. The molecule has 0 N–H and O–H groups in total. The number of piperidine rings is 1. The number of carbonyl (C=O) groups excluding carboxylic acids is 1. The SMILES string of the molecule is Cl.O=C(Oc1cccc(C2CCCN(CCCc3occ4ccccc34)C2)c1)c1ccccc1. The van der Waals surface area contributed by atoms with Crippen LogP contribution in [0.2, 0.25) is 0 Å². The second-order valence-corrected chi connectivity index (χ2v) is 8.82. The Bertz CT molecular complexity index is 1220. The molecule has 2 heterocycles. The van der Waals surface area contributed by atoms with Gasteiger partial charge in [-0.1, -0.05) is 54.6 Å². The Morgan fingerprint density at radius 1 is 1.00 bits per heavy atom. The molecular weight excluding hydrogens is 446 g/mol. The molecule has 1 unspecified atom stereocenters. The summed E-state index contributed by atoms with van der Waals surface area (Å²) >= 11 is 0. The molecule has 3 aromatic carbocycles. The van der Waals surface area contributed by atoms with E-state index in [0.717, 1.165) is 44.7 Å². The van der Waals surface area contributed by atoms with E-state index in [-0.39, 0.29) is 18.4 Å². The van der Waals surface area contributed by atoms with Gasteiger partial charge in [0.2, 0.25) is 0 Å². The summed E-state index contributed by atoms with van der Waals surface area (Å²) in [5, 5.41) is 2.41. The van der Waals surface area contributed by atoms with Gasteiger partial charge in [0.1, 0.15) is 11.5 Å². The van der Waals surface area contributed by atoms with E-state index in [4.69, 9.17) is 9.15 Å². The molecule has 0 radical (unpaired) electrons. The predicted molar refractivity (Wildman–Crippen MR) is 138 cm³/mol. The van der Waals surface area contributed by atoms with E-state index < -0.39 is 0 Å². The number of benzene rings is 3. The fourth-order valence-corrected chi connectivity index (χ4v) is 4.81. The van der Waals surface area contributed by atoms with Gasteiger partial charge >= 0.3 is 5.97 Å². The lowest BCUT2D eigenvalue weighted by atomic mass is 9.90. The molecule has 0 saturated carbocycles. The third-order valence-corrected chi connectivity index (χ3v) is 6.52. The van der Waals surface area contributed by atoms with E-state index >= 15 is 0 Å². The summed E-state index contributed by atoms with van der Waals surface area (Å²) in [4.78, 5) is 15.0. The van der Waals surface area contributed by atoms with Crippen molar-refractivity contribution in [3.8, 4) is 5.75 Å². The average molecular weight is 476 g/mol. The van der Waals surface area contributed by atoms with Gasteiger partial charge in [-0.25, -0.2) is 4.79 Å². The topological polar surface area (TPSA) is 42.7 Å². The number of likely N-dealkylation sites (tertiary alicyclic amines) is 1. The Labute approximate surface area is 206 Å². The lowest BCUT2D eigenvalue weighted by molar-refractivity contribution is 0.0734. The van der Waals surface area contributed by atoms with Gasteiger partial charge in [0.15, 0.2) is 0 Å². The fraction of sp³-hybridized carbons (Fsp3) is 0.276.